The van der Waals surface area contributed by atoms with Crippen molar-refractivity contribution in [3.8, 4) is 5.75 Å². The van der Waals surface area contributed by atoms with E-state index in [1.807, 2.05) is 39.0 Å². The van der Waals surface area contributed by atoms with Crippen LogP contribution in [0.15, 0.2) is 22.7 Å². The fourth-order valence-electron chi connectivity index (χ4n) is 1.35. The van der Waals surface area contributed by atoms with Crippen molar-refractivity contribution in [2.45, 2.75) is 32.8 Å². The number of rotatable bonds is 5. The summed E-state index contributed by atoms with van der Waals surface area (Å²) in [5, 5.41) is 2.70. The van der Waals surface area contributed by atoms with E-state index in [0.717, 1.165) is 20.2 Å². The van der Waals surface area contributed by atoms with Gasteiger partial charge in [-0.15, -0.1) is 0 Å². The molecule has 4 nitrogen and oxygen atoms in total. The molecule has 0 radical (unpaired) electrons. The van der Waals surface area contributed by atoms with Crippen LogP contribution in [0.2, 0.25) is 0 Å². The Balaban J connectivity index is 2.22. The van der Waals surface area contributed by atoms with Gasteiger partial charge in [0.05, 0.1) is 11.1 Å². The third-order valence-corrected chi connectivity index (χ3v) is 3.47. The maximum atomic E-state index is 11.4. The zero-order chi connectivity index (χ0) is 15.2. The minimum Gasteiger partial charge on any atom is -0.492 e. The van der Waals surface area contributed by atoms with Crippen LogP contribution in [0.3, 0.4) is 0 Å². The van der Waals surface area contributed by atoms with Gasteiger partial charge in [0, 0.05) is 10.1 Å². The van der Waals surface area contributed by atoms with Crippen molar-refractivity contribution >= 4 is 44.6 Å². The van der Waals surface area contributed by atoms with E-state index >= 15 is 0 Å². The Kier molecular flexibility index (Phi) is 7.08. The summed E-state index contributed by atoms with van der Waals surface area (Å²) < 4.78 is 12.8. The number of hydrogen-bond donors (Lipinski definition) is 1. The Morgan fingerprint density at radius 3 is 2.75 bits per heavy atom. The Bertz CT molecular complexity index is 460. The van der Waals surface area contributed by atoms with Crippen LogP contribution in [0.5, 0.6) is 5.75 Å². The molecule has 0 aliphatic carbocycles. The molecule has 0 bridgehead atoms. The van der Waals surface area contributed by atoms with Crippen LogP contribution < -0.4 is 10.1 Å². The van der Waals surface area contributed by atoms with Gasteiger partial charge in [0.1, 0.15) is 11.4 Å². The quantitative estimate of drug-likeness (QED) is 0.530. The van der Waals surface area contributed by atoms with E-state index in [9.17, 15) is 4.79 Å². The van der Waals surface area contributed by atoms with Crippen molar-refractivity contribution in [3.63, 3.8) is 0 Å². The van der Waals surface area contributed by atoms with Crippen LogP contribution in [0.4, 0.5) is 4.79 Å². The van der Waals surface area contributed by atoms with Crippen LogP contribution in [0.1, 0.15) is 27.2 Å². The molecule has 1 N–H and O–H groups in total. The zero-order valence-corrected chi connectivity index (χ0v) is 15.6. The number of carbonyl (C=O) groups is 1. The van der Waals surface area contributed by atoms with Gasteiger partial charge in [0.2, 0.25) is 0 Å². The summed E-state index contributed by atoms with van der Waals surface area (Å²) in [6, 6.07) is 5.92. The van der Waals surface area contributed by atoms with Gasteiger partial charge in [0.25, 0.3) is 0 Å². The van der Waals surface area contributed by atoms with E-state index in [-0.39, 0.29) is 0 Å². The maximum Gasteiger partial charge on any atom is 0.407 e. The fraction of sp³-hybridized carbons (Fsp3) is 0.500. The van der Waals surface area contributed by atoms with Gasteiger partial charge < -0.3 is 14.8 Å². The van der Waals surface area contributed by atoms with Gasteiger partial charge in [-0.3, -0.25) is 0 Å². The highest BCUT2D eigenvalue weighted by molar-refractivity contribution is 14.1. The summed E-state index contributed by atoms with van der Waals surface area (Å²) in [5.41, 5.74) is -0.466. The molecule has 20 heavy (non-hydrogen) atoms. The lowest BCUT2D eigenvalue weighted by molar-refractivity contribution is 0.0525. The van der Waals surface area contributed by atoms with E-state index in [2.05, 4.69) is 43.8 Å². The number of amides is 1. The molecule has 0 saturated carbocycles. The molecule has 1 aromatic rings. The summed E-state index contributed by atoms with van der Waals surface area (Å²) in [6.45, 7) is 6.57. The molecule has 0 aliphatic heterocycles. The molecule has 0 unspecified atom stereocenters. The van der Waals surface area contributed by atoms with Gasteiger partial charge in [-0.05, 0) is 83.9 Å². The first-order valence-corrected chi connectivity index (χ1v) is 8.20. The van der Waals surface area contributed by atoms with E-state index in [1.54, 1.807) is 0 Å². The molecular formula is C14H19BrINO3. The van der Waals surface area contributed by atoms with Crippen molar-refractivity contribution in [1.29, 1.82) is 0 Å². The van der Waals surface area contributed by atoms with Crippen molar-refractivity contribution < 1.29 is 14.3 Å². The topological polar surface area (TPSA) is 47.6 Å². The van der Waals surface area contributed by atoms with E-state index < -0.39 is 11.7 Å². The zero-order valence-electron chi connectivity index (χ0n) is 11.8. The number of nitrogens with one attached hydrogen (secondary N) is 1. The predicted octanol–water partition coefficient (Wildman–Crippen LogP) is 4.35. The van der Waals surface area contributed by atoms with Crippen LogP contribution in [-0.2, 0) is 4.74 Å². The van der Waals surface area contributed by atoms with Crippen LogP contribution in [0.25, 0.3) is 0 Å². The van der Waals surface area contributed by atoms with Gasteiger partial charge in [-0.2, -0.15) is 0 Å². The standard InChI is InChI=1S/C14H19BrINO3/c1-14(2,3)20-13(18)17-7-4-8-19-12-9-10(16)5-6-11(12)15/h5-6,9H,4,7-8H2,1-3H3,(H,17,18). The summed E-state index contributed by atoms with van der Waals surface area (Å²) in [5.74, 6) is 0.814. The molecule has 1 rings (SSSR count). The molecule has 0 aliphatic rings. The highest BCUT2D eigenvalue weighted by Crippen LogP contribution is 2.26. The minimum atomic E-state index is -0.466. The third kappa shape index (κ3) is 7.33. The van der Waals surface area contributed by atoms with Gasteiger partial charge >= 0.3 is 6.09 Å². The average Bonchev–Trinajstić information content (AvgIpc) is 2.30. The second-order valence-electron chi connectivity index (χ2n) is 5.21. The Labute approximate surface area is 141 Å². The van der Waals surface area contributed by atoms with E-state index in [4.69, 9.17) is 9.47 Å². The molecule has 112 valence electrons. The van der Waals surface area contributed by atoms with Crippen LogP contribution in [0, 0.1) is 3.57 Å². The van der Waals surface area contributed by atoms with Crippen molar-refractivity contribution in [1.82, 2.24) is 5.32 Å². The number of halogens is 2. The SMILES string of the molecule is CC(C)(C)OC(=O)NCCCOc1cc(I)ccc1Br. The molecule has 0 heterocycles. The van der Waals surface area contributed by atoms with Crippen molar-refractivity contribution in [2.75, 3.05) is 13.2 Å². The Morgan fingerprint density at radius 1 is 1.40 bits per heavy atom. The summed E-state index contributed by atoms with van der Waals surface area (Å²) in [6.07, 6.45) is 0.324. The smallest absolute Gasteiger partial charge is 0.407 e. The second-order valence-corrected chi connectivity index (χ2v) is 7.31. The van der Waals surface area contributed by atoms with Gasteiger partial charge in [-0.25, -0.2) is 4.79 Å². The molecule has 0 saturated heterocycles. The first kappa shape index (κ1) is 17.6. The summed E-state index contributed by atoms with van der Waals surface area (Å²) in [7, 11) is 0. The average molecular weight is 456 g/mol. The van der Waals surface area contributed by atoms with Crippen molar-refractivity contribution in [3.05, 3.63) is 26.2 Å². The normalized spacial score (nSPS) is 11.1. The summed E-state index contributed by atoms with van der Waals surface area (Å²) >= 11 is 5.67. The number of benzene rings is 1. The van der Waals surface area contributed by atoms with E-state index in [1.165, 1.54) is 0 Å². The van der Waals surface area contributed by atoms with Gasteiger partial charge in [0.15, 0.2) is 0 Å². The second kappa shape index (κ2) is 8.07. The molecule has 0 fully saturated rings. The van der Waals surface area contributed by atoms with Crippen LogP contribution in [-0.4, -0.2) is 24.8 Å². The number of carbonyl (C=O) groups excluding carboxylic acids is 1. The fourth-order valence-corrected chi connectivity index (χ4v) is 2.17. The maximum absolute atomic E-state index is 11.4. The Hall–Kier alpha value is -0.500. The van der Waals surface area contributed by atoms with Gasteiger partial charge in [-0.1, -0.05) is 0 Å². The number of alkyl carbamates (subject to hydrolysis) is 1. The van der Waals surface area contributed by atoms with Crippen molar-refractivity contribution in [2.24, 2.45) is 0 Å². The number of ether oxygens (including phenoxy) is 2. The number of hydrogen-bond acceptors (Lipinski definition) is 3. The lowest BCUT2D eigenvalue weighted by Gasteiger charge is -2.19. The largest absolute Gasteiger partial charge is 0.492 e. The highest BCUT2D eigenvalue weighted by Gasteiger charge is 2.15. The Morgan fingerprint density at radius 2 is 2.10 bits per heavy atom. The molecule has 6 heteroatoms. The third-order valence-electron chi connectivity index (χ3n) is 2.14. The first-order valence-electron chi connectivity index (χ1n) is 6.32. The monoisotopic (exact) mass is 455 g/mol. The first-order chi connectivity index (χ1) is 9.28. The molecule has 0 atom stereocenters. The summed E-state index contributed by atoms with van der Waals surface area (Å²) in [4.78, 5) is 11.4. The molecule has 0 aromatic heterocycles. The van der Waals surface area contributed by atoms with Crippen LogP contribution >= 0.6 is 38.5 Å². The molecule has 1 aromatic carbocycles. The molecular weight excluding hydrogens is 437 g/mol. The lowest BCUT2D eigenvalue weighted by atomic mass is 10.2. The lowest BCUT2D eigenvalue weighted by Crippen LogP contribution is -2.33. The highest BCUT2D eigenvalue weighted by atomic mass is 127. The molecule has 0 spiro atoms. The molecule has 1 amide bonds. The predicted molar refractivity (Wildman–Crippen MR) is 91.2 cm³/mol. The van der Waals surface area contributed by atoms with E-state index in [0.29, 0.717) is 13.2 Å². The minimum absolute atomic E-state index is 0.395.